The van der Waals surface area contributed by atoms with Crippen molar-refractivity contribution < 1.29 is 18.7 Å². The molecule has 2 aliphatic rings. The van der Waals surface area contributed by atoms with Gasteiger partial charge < -0.3 is 24.5 Å². The van der Waals surface area contributed by atoms with E-state index in [1.807, 2.05) is 12.1 Å². The molecule has 1 aliphatic heterocycles. The number of anilines is 2. The maximum Gasteiger partial charge on any atom is 0.315 e. The number of hydrogen-bond donors (Lipinski definition) is 2. The monoisotopic (exact) mass is 401 g/mol. The zero-order chi connectivity index (χ0) is 20.1. The highest BCUT2D eigenvalue weighted by atomic mass is 16.5. The predicted molar refractivity (Wildman–Crippen MR) is 108 cm³/mol. The fraction of sp³-hybridized carbons (Fsp3) is 0.550. The van der Waals surface area contributed by atoms with Crippen LogP contribution in [0.25, 0.3) is 11.5 Å². The lowest BCUT2D eigenvalue weighted by molar-refractivity contribution is -0.117. The number of carbonyl (C=O) groups is 1. The van der Waals surface area contributed by atoms with Gasteiger partial charge in [0.25, 0.3) is 5.89 Å². The molecule has 1 saturated carbocycles. The van der Waals surface area contributed by atoms with Gasteiger partial charge in [-0.05, 0) is 37.9 Å². The van der Waals surface area contributed by atoms with Gasteiger partial charge in [0.15, 0.2) is 0 Å². The minimum absolute atomic E-state index is 0.0566. The summed E-state index contributed by atoms with van der Waals surface area (Å²) >= 11 is 0. The second kappa shape index (κ2) is 9.23. The standard InChI is InChI=1S/C20H27N5O4/c1-27-17-13-15(22-18(26)14-3-4-14)5-6-16(17)19-23-24-20(29-19)21-7-2-8-25-9-11-28-12-10-25/h5-6,13-14H,2-4,7-12H2,1H3,(H,21,24)(H,22,26). The van der Waals surface area contributed by atoms with Gasteiger partial charge in [-0.15, -0.1) is 5.10 Å². The van der Waals surface area contributed by atoms with Gasteiger partial charge in [-0.1, -0.05) is 5.10 Å². The molecule has 9 nitrogen and oxygen atoms in total. The topological polar surface area (TPSA) is 102 Å². The Bertz CT molecular complexity index is 830. The molecule has 1 aromatic carbocycles. The van der Waals surface area contributed by atoms with E-state index in [0.717, 1.165) is 58.7 Å². The summed E-state index contributed by atoms with van der Waals surface area (Å²) in [6.45, 7) is 5.36. The molecular weight excluding hydrogens is 374 g/mol. The fourth-order valence-corrected chi connectivity index (χ4v) is 3.26. The molecule has 1 aromatic heterocycles. The summed E-state index contributed by atoms with van der Waals surface area (Å²) in [5, 5.41) is 14.3. The quantitative estimate of drug-likeness (QED) is 0.617. The van der Waals surface area contributed by atoms with Gasteiger partial charge in [-0.25, -0.2) is 0 Å². The largest absolute Gasteiger partial charge is 0.496 e. The molecule has 2 N–H and O–H groups in total. The molecule has 1 saturated heterocycles. The number of morpholine rings is 1. The third-order valence-corrected chi connectivity index (χ3v) is 5.10. The Balaban J connectivity index is 1.32. The second-order valence-corrected chi connectivity index (χ2v) is 7.33. The molecule has 2 heterocycles. The van der Waals surface area contributed by atoms with Crippen LogP contribution in [0.15, 0.2) is 22.6 Å². The summed E-state index contributed by atoms with van der Waals surface area (Å²) in [4.78, 5) is 14.3. The minimum atomic E-state index is 0.0566. The summed E-state index contributed by atoms with van der Waals surface area (Å²) in [5.41, 5.74) is 1.38. The van der Waals surface area contributed by atoms with E-state index in [2.05, 4.69) is 25.7 Å². The number of rotatable bonds is 9. The van der Waals surface area contributed by atoms with Crippen molar-refractivity contribution in [1.82, 2.24) is 15.1 Å². The van der Waals surface area contributed by atoms with Crippen LogP contribution >= 0.6 is 0 Å². The van der Waals surface area contributed by atoms with Crippen molar-refractivity contribution in [3.63, 3.8) is 0 Å². The van der Waals surface area contributed by atoms with Crippen LogP contribution in [0, 0.1) is 5.92 Å². The molecule has 9 heteroatoms. The van der Waals surface area contributed by atoms with E-state index < -0.39 is 0 Å². The average Bonchev–Trinajstić information content (AvgIpc) is 3.51. The zero-order valence-electron chi connectivity index (χ0n) is 16.6. The van der Waals surface area contributed by atoms with Crippen LogP contribution in [0.2, 0.25) is 0 Å². The number of nitrogens with one attached hydrogen (secondary N) is 2. The van der Waals surface area contributed by atoms with Gasteiger partial charge in [0, 0.05) is 37.3 Å². The zero-order valence-corrected chi connectivity index (χ0v) is 16.6. The number of methoxy groups -OCH3 is 1. The maximum absolute atomic E-state index is 11.9. The molecule has 0 unspecified atom stereocenters. The Labute approximate surface area is 169 Å². The Kier molecular flexibility index (Phi) is 6.26. The first kappa shape index (κ1) is 19.7. The van der Waals surface area contributed by atoms with E-state index in [4.69, 9.17) is 13.9 Å². The number of aromatic nitrogens is 2. The predicted octanol–water partition coefficient (Wildman–Crippen LogP) is 2.23. The van der Waals surface area contributed by atoms with Gasteiger partial charge in [0.1, 0.15) is 5.75 Å². The normalized spacial score (nSPS) is 17.1. The van der Waals surface area contributed by atoms with E-state index in [1.165, 1.54) is 0 Å². The van der Waals surface area contributed by atoms with E-state index >= 15 is 0 Å². The molecule has 156 valence electrons. The summed E-state index contributed by atoms with van der Waals surface area (Å²) in [7, 11) is 1.58. The first-order valence-electron chi connectivity index (χ1n) is 10.1. The number of hydrogen-bond acceptors (Lipinski definition) is 8. The second-order valence-electron chi connectivity index (χ2n) is 7.33. The van der Waals surface area contributed by atoms with Crippen LogP contribution < -0.4 is 15.4 Å². The van der Waals surface area contributed by atoms with Crippen molar-refractivity contribution in [2.45, 2.75) is 19.3 Å². The summed E-state index contributed by atoms with van der Waals surface area (Å²) in [6, 6.07) is 5.79. The molecule has 0 radical (unpaired) electrons. The van der Waals surface area contributed by atoms with Crippen LogP contribution in [0.3, 0.4) is 0 Å². The van der Waals surface area contributed by atoms with Gasteiger partial charge in [0.05, 0.1) is 25.9 Å². The van der Waals surface area contributed by atoms with Crippen molar-refractivity contribution >= 4 is 17.6 Å². The Morgan fingerprint density at radius 1 is 1.28 bits per heavy atom. The molecule has 1 aliphatic carbocycles. The average molecular weight is 401 g/mol. The molecule has 2 fully saturated rings. The van der Waals surface area contributed by atoms with Gasteiger partial charge in [-0.3, -0.25) is 9.69 Å². The lowest BCUT2D eigenvalue weighted by Gasteiger charge is -2.26. The number of nitrogens with zero attached hydrogens (tertiary/aromatic N) is 3. The van der Waals surface area contributed by atoms with Gasteiger partial charge >= 0.3 is 6.01 Å². The number of carbonyl (C=O) groups excluding carboxylic acids is 1. The van der Waals surface area contributed by atoms with E-state index in [0.29, 0.717) is 28.9 Å². The summed E-state index contributed by atoms with van der Waals surface area (Å²) < 4.78 is 16.6. The van der Waals surface area contributed by atoms with Crippen LogP contribution in [-0.2, 0) is 9.53 Å². The molecule has 0 bridgehead atoms. The first-order chi connectivity index (χ1) is 14.2. The number of amides is 1. The van der Waals surface area contributed by atoms with Gasteiger partial charge in [0.2, 0.25) is 5.91 Å². The number of benzene rings is 1. The Morgan fingerprint density at radius 2 is 2.10 bits per heavy atom. The maximum atomic E-state index is 11.9. The van der Waals surface area contributed by atoms with E-state index in [9.17, 15) is 4.79 Å². The number of ether oxygens (including phenoxy) is 2. The highest BCUT2D eigenvalue weighted by Gasteiger charge is 2.29. The van der Waals surface area contributed by atoms with Crippen molar-refractivity contribution in [3.8, 4) is 17.2 Å². The molecule has 29 heavy (non-hydrogen) atoms. The van der Waals surface area contributed by atoms with Crippen molar-refractivity contribution in [3.05, 3.63) is 18.2 Å². The molecule has 1 amide bonds. The SMILES string of the molecule is COc1cc(NC(=O)C2CC2)ccc1-c1nnc(NCCCN2CCOCC2)o1. The van der Waals surface area contributed by atoms with Crippen molar-refractivity contribution in [1.29, 1.82) is 0 Å². The minimum Gasteiger partial charge on any atom is -0.496 e. The van der Waals surface area contributed by atoms with E-state index in [-0.39, 0.29) is 11.8 Å². The van der Waals surface area contributed by atoms with E-state index in [1.54, 1.807) is 13.2 Å². The highest BCUT2D eigenvalue weighted by molar-refractivity contribution is 5.94. The van der Waals surface area contributed by atoms with Crippen molar-refractivity contribution in [2.75, 3.05) is 57.1 Å². The lowest BCUT2D eigenvalue weighted by Crippen LogP contribution is -2.37. The molecule has 4 rings (SSSR count). The summed E-state index contributed by atoms with van der Waals surface area (Å²) in [6.07, 6.45) is 2.91. The fourth-order valence-electron chi connectivity index (χ4n) is 3.26. The van der Waals surface area contributed by atoms with Crippen LogP contribution in [0.4, 0.5) is 11.7 Å². The van der Waals surface area contributed by atoms with Crippen LogP contribution in [-0.4, -0.2) is 67.5 Å². The third kappa shape index (κ3) is 5.24. The molecule has 0 atom stereocenters. The Hall–Kier alpha value is -2.65. The molecule has 2 aromatic rings. The van der Waals surface area contributed by atoms with Crippen LogP contribution in [0.1, 0.15) is 19.3 Å². The Morgan fingerprint density at radius 3 is 2.86 bits per heavy atom. The van der Waals surface area contributed by atoms with Crippen LogP contribution in [0.5, 0.6) is 5.75 Å². The smallest absolute Gasteiger partial charge is 0.315 e. The van der Waals surface area contributed by atoms with Crippen molar-refractivity contribution in [2.24, 2.45) is 5.92 Å². The lowest BCUT2D eigenvalue weighted by atomic mass is 10.1. The highest BCUT2D eigenvalue weighted by Crippen LogP contribution is 2.34. The first-order valence-corrected chi connectivity index (χ1v) is 10.1. The van der Waals surface area contributed by atoms with Gasteiger partial charge in [-0.2, -0.15) is 0 Å². The summed E-state index contributed by atoms with van der Waals surface area (Å²) in [5.74, 6) is 1.15. The molecular formula is C20H27N5O4. The molecule has 0 spiro atoms. The third-order valence-electron chi connectivity index (χ3n) is 5.10.